The van der Waals surface area contributed by atoms with E-state index in [1.165, 1.54) is 7.11 Å². The first-order valence-electron chi connectivity index (χ1n) is 4.51. The summed E-state index contributed by atoms with van der Waals surface area (Å²) in [5, 5.41) is 8.96. The second-order valence-corrected chi connectivity index (χ2v) is 3.16. The highest BCUT2D eigenvalue weighted by atomic mass is 16.5. The number of hydrogen-bond acceptors (Lipinski definition) is 2. The third kappa shape index (κ3) is 1.87. The first kappa shape index (κ1) is 10.6. The smallest absolute Gasteiger partial charge is 0.339 e. The molecule has 3 heteroatoms. The fourth-order valence-corrected chi connectivity index (χ4v) is 1.51. The SMILES string of the molecule is CCc1cc(C)cc(C(=O)O)c1OC. The molecule has 1 aromatic rings. The molecule has 76 valence electrons. The number of carbonyl (C=O) groups is 1. The second-order valence-electron chi connectivity index (χ2n) is 3.16. The molecule has 0 spiro atoms. The summed E-state index contributed by atoms with van der Waals surface area (Å²) in [6, 6.07) is 3.58. The Hall–Kier alpha value is -1.51. The number of rotatable bonds is 3. The summed E-state index contributed by atoms with van der Waals surface area (Å²) in [6.45, 7) is 3.86. The molecule has 0 saturated carbocycles. The van der Waals surface area contributed by atoms with Crippen molar-refractivity contribution in [2.24, 2.45) is 0 Å². The zero-order valence-electron chi connectivity index (χ0n) is 8.63. The molecule has 0 heterocycles. The van der Waals surface area contributed by atoms with Crippen molar-refractivity contribution in [1.82, 2.24) is 0 Å². The van der Waals surface area contributed by atoms with Gasteiger partial charge in [0.15, 0.2) is 0 Å². The van der Waals surface area contributed by atoms with Crippen LogP contribution < -0.4 is 4.74 Å². The zero-order chi connectivity index (χ0) is 10.7. The first-order chi connectivity index (χ1) is 6.60. The summed E-state index contributed by atoms with van der Waals surface area (Å²) in [4.78, 5) is 10.9. The summed E-state index contributed by atoms with van der Waals surface area (Å²) < 4.78 is 5.10. The number of benzene rings is 1. The molecule has 0 fully saturated rings. The van der Waals surface area contributed by atoms with Crippen LogP contribution in [0.1, 0.15) is 28.4 Å². The highest BCUT2D eigenvalue weighted by Gasteiger charge is 2.14. The molecule has 0 aromatic heterocycles. The topological polar surface area (TPSA) is 46.5 Å². The van der Waals surface area contributed by atoms with Gasteiger partial charge in [-0.25, -0.2) is 4.79 Å². The molecule has 1 rings (SSSR count). The monoisotopic (exact) mass is 194 g/mol. The van der Waals surface area contributed by atoms with E-state index >= 15 is 0 Å². The van der Waals surface area contributed by atoms with Crippen molar-refractivity contribution < 1.29 is 14.6 Å². The molecule has 1 aromatic carbocycles. The Bertz CT molecular complexity index is 356. The molecule has 0 saturated heterocycles. The van der Waals surface area contributed by atoms with Gasteiger partial charge in [-0.1, -0.05) is 13.0 Å². The first-order valence-corrected chi connectivity index (χ1v) is 4.51. The Morgan fingerprint density at radius 2 is 2.14 bits per heavy atom. The van der Waals surface area contributed by atoms with Crippen molar-refractivity contribution in [3.8, 4) is 5.75 Å². The molecule has 1 N–H and O–H groups in total. The number of carboxylic acid groups (broad SMARTS) is 1. The van der Waals surface area contributed by atoms with Crippen LogP contribution in [0.2, 0.25) is 0 Å². The molecule has 14 heavy (non-hydrogen) atoms. The second kappa shape index (κ2) is 4.13. The van der Waals surface area contributed by atoms with Gasteiger partial charge in [0.25, 0.3) is 0 Å². The fraction of sp³-hybridized carbons (Fsp3) is 0.364. The third-order valence-electron chi connectivity index (χ3n) is 2.13. The molecular weight excluding hydrogens is 180 g/mol. The molecule has 0 unspecified atom stereocenters. The Balaban J connectivity index is 3.39. The van der Waals surface area contributed by atoms with E-state index in [2.05, 4.69) is 0 Å². The quantitative estimate of drug-likeness (QED) is 0.802. The lowest BCUT2D eigenvalue weighted by Crippen LogP contribution is -2.04. The summed E-state index contributed by atoms with van der Waals surface area (Å²) in [5.41, 5.74) is 2.12. The molecule has 0 amide bonds. The summed E-state index contributed by atoms with van der Waals surface area (Å²) in [7, 11) is 1.50. The van der Waals surface area contributed by atoms with Gasteiger partial charge >= 0.3 is 5.97 Å². The van der Waals surface area contributed by atoms with E-state index in [0.29, 0.717) is 5.75 Å². The average molecular weight is 194 g/mol. The molecule has 3 nitrogen and oxygen atoms in total. The molecule has 0 aliphatic heterocycles. The van der Waals surface area contributed by atoms with Gasteiger partial charge in [0, 0.05) is 0 Å². The van der Waals surface area contributed by atoms with Crippen LogP contribution in [-0.4, -0.2) is 18.2 Å². The van der Waals surface area contributed by atoms with Crippen LogP contribution in [0.3, 0.4) is 0 Å². The van der Waals surface area contributed by atoms with E-state index in [4.69, 9.17) is 9.84 Å². The third-order valence-corrected chi connectivity index (χ3v) is 2.13. The Labute approximate surface area is 83.3 Å². The molecular formula is C11H14O3. The van der Waals surface area contributed by atoms with Gasteiger partial charge in [0.2, 0.25) is 0 Å². The standard InChI is InChI=1S/C11H14O3/c1-4-8-5-7(2)6-9(11(12)13)10(8)14-3/h5-6H,4H2,1-3H3,(H,12,13). The van der Waals surface area contributed by atoms with Crippen LogP contribution in [0.4, 0.5) is 0 Å². The lowest BCUT2D eigenvalue weighted by atomic mass is 10.0. The largest absolute Gasteiger partial charge is 0.496 e. The molecule has 0 radical (unpaired) electrons. The van der Waals surface area contributed by atoms with Crippen molar-refractivity contribution in [2.45, 2.75) is 20.3 Å². The summed E-state index contributed by atoms with van der Waals surface area (Å²) in [5.74, 6) is -0.467. The average Bonchev–Trinajstić information content (AvgIpc) is 2.16. The molecule has 0 atom stereocenters. The minimum atomic E-state index is -0.944. The van der Waals surface area contributed by atoms with Gasteiger partial charge in [0.05, 0.1) is 7.11 Å². The van der Waals surface area contributed by atoms with Gasteiger partial charge in [-0.2, -0.15) is 0 Å². The van der Waals surface area contributed by atoms with E-state index in [9.17, 15) is 4.79 Å². The molecule has 0 bridgehead atoms. The van der Waals surface area contributed by atoms with Crippen molar-refractivity contribution >= 4 is 5.97 Å². The number of carboxylic acids is 1. The molecule has 0 aliphatic rings. The highest BCUT2D eigenvalue weighted by molar-refractivity contribution is 5.91. The van der Waals surface area contributed by atoms with E-state index < -0.39 is 5.97 Å². The van der Waals surface area contributed by atoms with Crippen molar-refractivity contribution in [3.63, 3.8) is 0 Å². The van der Waals surface area contributed by atoms with Gasteiger partial charge in [-0.15, -0.1) is 0 Å². The maximum Gasteiger partial charge on any atom is 0.339 e. The van der Waals surface area contributed by atoms with Gasteiger partial charge in [-0.3, -0.25) is 0 Å². The highest BCUT2D eigenvalue weighted by Crippen LogP contribution is 2.26. The zero-order valence-corrected chi connectivity index (χ0v) is 8.63. The van der Waals surface area contributed by atoms with Crippen LogP contribution in [0, 0.1) is 6.92 Å². The fourth-order valence-electron chi connectivity index (χ4n) is 1.51. The Kier molecular flexibility index (Phi) is 3.12. The van der Waals surface area contributed by atoms with E-state index in [-0.39, 0.29) is 5.56 Å². The van der Waals surface area contributed by atoms with Crippen LogP contribution in [0.25, 0.3) is 0 Å². The number of ether oxygens (including phenoxy) is 1. The maximum absolute atomic E-state index is 10.9. The minimum absolute atomic E-state index is 0.240. The lowest BCUT2D eigenvalue weighted by molar-refractivity contribution is 0.0693. The predicted octanol–water partition coefficient (Wildman–Crippen LogP) is 2.26. The number of aromatic carboxylic acids is 1. The van der Waals surface area contributed by atoms with E-state index in [1.54, 1.807) is 6.07 Å². The van der Waals surface area contributed by atoms with Crippen molar-refractivity contribution in [3.05, 3.63) is 28.8 Å². The van der Waals surface area contributed by atoms with Crippen LogP contribution in [0.5, 0.6) is 5.75 Å². The number of hydrogen-bond donors (Lipinski definition) is 1. The van der Waals surface area contributed by atoms with E-state index in [1.807, 2.05) is 19.9 Å². The van der Waals surface area contributed by atoms with Gasteiger partial charge in [-0.05, 0) is 30.5 Å². The minimum Gasteiger partial charge on any atom is -0.496 e. The van der Waals surface area contributed by atoms with Crippen molar-refractivity contribution in [2.75, 3.05) is 7.11 Å². The summed E-state index contributed by atoms with van der Waals surface area (Å²) >= 11 is 0. The van der Waals surface area contributed by atoms with E-state index in [0.717, 1.165) is 17.5 Å². The maximum atomic E-state index is 10.9. The van der Waals surface area contributed by atoms with Crippen LogP contribution >= 0.6 is 0 Å². The normalized spacial score (nSPS) is 9.93. The predicted molar refractivity (Wildman–Crippen MR) is 54.1 cm³/mol. The Morgan fingerprint density at radius 1 is 1.50 bits per heavy atom. The van der Waals surface area contributed by atoms with Gasteiger partial charge < -0.3 is 9.84 Å². The summed E-state index contributed by atoms with van der Waals surface area (Å²) in [6.07, 6.45) is 0.769. The van der Waals surface area contributed by atoms with Crippen LogP contribution in [-0.2, 0) is 6.42 Å². The lowest BCUT2D eigenvalue weighted by Gasteiger charge is -2.11. The van der Waals surface area contributed by atoms with Crippen LogP contribution in [0.15, 0.2) is 12.1 Å². The molecule has 0 aliphatic carbocycles. The van der Waals surface area contributed by atoms with Crippen molar-refractivity contribution in [1.29, 1.82) is 0 Å². The van der Waals surface area contributed by atoms with Gasteiger partial charge in [0.1, 0.15) is 11.3 Å². The number of aryl methyl sites for hydroxylation is 2. The Morgan fingerprint density at radius 3 is 2.57 bits per heavy atom. The number of methoxy groups -OCH3 is 1.